The summed E-state index contributed by atoms with van der Waals surface area (Å²) in [6.45, 7) is 6.44. The van der Waals surface area contributed by atoms with Gasteiger partial charge < -0.3 is 10.1 Å². The summed E-state index contributed by atoms with van der Waals surface area (Å²) in [4.78, 5) is 0. The van der Waals surface area contributed by atoms with Gasteiger partial charge in [-0.05, 0) is 57.5 Å². The van der Waals surface area contributed by atoms with Gasteiger partial charge in [-0.25, -0.2) is 0 Å². The lowest BCUT2D eigenvalue weighted by Crippen LogP contribution is -2.19. The quantitative estimate of drug-likeness (QED) is 0.712. The van der Waals surface area contributed by atoms with Crippen LogP contribution in [0.4, 0.5) is 0 Å². The van der Waals surface area contributed by atoms with Gasteiger partial charge in [0, 0.05) is 5.02 Å². The minimum absolute atomic E-state index is 0.233. The van der Waals surface area contributed by atoms with Crippen LogP contribution in [0, 0.1) is 0 Å². The Morgan fingerprint density at radius 1 is 1.35 bits per heavy atom. The highest BCUT2D eigenvalue weighted by atomic mass is 35.5. The van der Waals surface area contributed by atoms with E-state index in [1.807, 2.05) is 24.3 Å². The molecule has 3 heteroatoms. The molecule has 0 spiro atoms. The highest BCUT2D eigenvalue weighted by molar-refractivity contribution is 6.30. The lowest BCUT2D eigenvalue weighted by molar-refractivity contribution is 0.207. The summed E-state index contributed by atoms with van der Waals surface area (Å²) >= 11 is 5.90. The summed E-state index contributed by atoms with van der Waals surface area (Å²) in [5.74, 6) is 0.853. The van der Waals surface area contributed by atoms with Crippen LogP contribution in [0.5, 0.6) is 5.75 Å². The first-order chi connectivity index (χ1) is 8.22. The van der Waals surface area contributed by atoms with Gasteiger partial charge in [0.05, 0.1) is 6.10 Å². The van der Waals surface area contributed by atoms with E-state index in [0.717, 1.165) is 36.7 Å². The van der Waals surface area contributed by atoms with Crippen LogP contribution in [0.25, 0.3) is 0 Å². The average molecular weight is 256 g/mol. The fourth-order valence-corrected chi connectivity index (χ4v) is 1.83. The molecule has 1 aromatic carbocycles. The molecule has 1 N–H and O–H groups in total. The van der Waals surface area contributed by atoms with Crippen molar-refractivity contribution in [2.45, 2.75) is 39.2 Å². The molecular formula is C14H22ClNO. The molecule has 0 radical (unpaired) electrons. The van der Waals surface area contributed by atoms with E-state index in [-0.39, 0.29) is 6.10 Å². The molecule has 1 aromatic rings. The highest BCUT2D eigenvalue weighted by Crippen LogP contribution is 2.19. The average Bonchev–Trinajstić information content (AvgIpc) is 2.29. The van der Waals surface area contributed by atoms with Gasteiger partial charge in [-0.1, -0.05) is 24.6 Å². The number of hydrogen-bond donors (Lipinski definition) is 1. The van der Waals surface area contributed by atoms with E-state index in [4.69, 9.17) is 16.3 Å². The molecule has 1 unspecified atom stereocenters. The van der Waals surface area contributed by atoms with Crippen LogP contribution in [0.3, 0.4) is 0 Å². The van der Waals surface area contributed by atoms with Crippen molar-refractivity contribution in [3.63, 3.8) is 0 Å². The van der Waals surface area contributed by atoms with Crippen molar-refractivity contribution >= 4 is 11.6 Å². The second-order valence-corrected chi connectivity index (χ2v) is 4.71. The Morgan fingerprint density at radius 3 is 2.88 bits per heavy atom. The molecule has 0 heterocycles. The van der Waals surface area contributed by atoms with Crippen LogP contribution in [0.15, 0.2) is 24.3 Å². The zero-order chi connectivity index (χ0) is 12.5. The van der Waals surface area contributed by atoms with Crippen molar-refractivity contribution in [3.8, 4) is 5.75 Å². The SMILES string of the molecule is CCCNCCCC(C)Oc1cccc(Cl)c1. The molecular weight excluding hydrogens is 234 g/mol. The molecule has 2 nitrogen and oxygen atoms in total. The lowest BCUT2D eigenvalue weighted by atomic mass is 10.2. The number of rotatable bonds is 8. The molecule has 0 aromatic heterocycles. The van der Waals surface area contributed by atoms with E-state index in [1.54, 1.807) is 0 Å². The minimum Gasteiger partial charge on any atom is -0.491 e. The molecule has 1 atom stereocenters. The maximum Gasteiger partial charge on any atom is 0.121 e. The van der Waals surface area contributed by atoms with Gasteiger partial charge in [-0.2, -0.15) is 0 Å². The fourth-order valence-electron chi connectivity index (χ4n) is 1.65. The molecule has 0 aliphatic heterocycles. The number of benzene rings is 1. The van der Waals surface area contributed by atoms with Gasteiger partial charge in [0.2, 0.25) is 0 Å². The summed E-state index contributed by atoms with van der Waals surface area (Å²) in [6.07, 6.45) is 3.62. The number of ether oxygens (including phenoxy) is 1. The normalized spacial score (nSPS) is 12.4. The summed E-state index contributed by atoms with van der Waals surface area (Å²) in [5, 5.41) is 4.11. The first-order valence-corrected chi connectivity index (χ1v) is 6.73. The highest BCUT2D eigenvalue weighted by Gasteiger charge is 2.03. The van der Waals surface area contributed by atoms with Gasteiger partial charge in [0.25, 0.3) is 0 Å². The number of hydrogen-bond acceptors (Lipinski definition) is 2. The molecule has 1 rings (SSSR count). The van der Waals surface area contributed by atoms with Crippen molar-refractivity contribution in [2.75, 3.05) is 13.1 Å². The monoisotopic (exact) mass is 255 g/mol. The van der Waals surface area contributed by atoms with Crippen LogP contribution in [0.2, 0.25) is 5.02 Å². The van der Waals surface area contributed by atoms with Crippen molar-refractivity contribution in [3.05, 3.63) is 29.3 Å². The predicted molar refractivity (Wildman–Crippen MR) is 73.9 cm³/mol. The summed E-state index contributed by atoms with van der Waals surface area (Å²) in [5.41, 5.74) is 0. The van der Waals surface area contributed by atoms with Crippen LogP contribution >= 0.6 is 11.6 Å². The van der Waals surface area contributed by atoms with Crippen LogP contribution in [0.1, 0.15) is 33.1 Å². The van der Waals surface area contributed by atoms with E-state index in [2.05, 4.69) is 19.2 Å². The van der Waals surface area contributed by atoms with Gasteiger partial charge >= 0.3 is 0 Å². The smallest absolute Gasteiger partial charge is 0.121 e. The van der Waals surface area contributed by atoms with Gasteiger partial charge in [0.15, 0.2) is 0 Å². The summed E-state index contributed by atoms with van der Waals surface area (Å²) in [7, 11) is 0. The van der Waals surface area contributed by atoms with E-state index in [1.165, 1.54) is 6.42 Å². The second-order valence-electron chi connectivity index (χ2n) is 4.28. The third-order valence-corrected chi connectivity index (χ3v) is 2.76. The third-order valence-electron chi connectivity index (χ3n) is 2.52. The van der Waals surface area contributed by atoms with Crippen LogP contribution in [-0.4, -0.2) is 19.2 Å². The molecule has 0 bridgehead atoms. The van der Waals surface area contributed by atoms with Crippen molar-refractivity contribution in [1.29, 1.82) is 0 Å². The fraction of sp³-hybridized carbons (Fsp3) is 0.571. The maximum atomic E-state index is 5.90. The predicted octanol–water partition coefficient (Wildman–Crippen LogP) is 3.89. The summed E-state index contributed by atoms with van der Waals surface area (Å²) in [6, 6.07) is 7.56. The first kappa shape index (κ1) is 14.3. The Morgan fingerprint density at radius 2 is 2.18 bits per heavy atom. The second kappa shape index (κ2) is 8.37. The van der Waals surface area contributed by atoms with E-state index >= 15 is 0 Å². The van der Waals surface area contributed by atoms with E-state index < -0.39 is 0 Å². The zero-order valence-electron chi connectivity index (χ0n) is 10.7. The lowest BCUT2D eigenvalue weighted by Gasteiger charge is -2.14. The topological polar surface area (TPSA) is 21.3 Å². The van der Waals surface area contributed by atoms with E-state index in [0.29, 0.717) is 0 Å². The molecule has 0 aliphatic rings. The van der Waals surface area contributed by atoms with Gasteiger partial charge in [-0.3, -0.25) is 0 Å². The van der Waals surface area contributed by atoms with Crippen LogP contribution in [-0.2, 0) is 0 Å². The molecule has 17 heavy (non-hydrogen) atoms. The Balaban J connectivity index is 2.18. The molecule has 0 fully saturated rings. The van der Waals surface area contributed by atoms with Gasteiger partial charge in [0.1, 0.15) is 5.75 Å². The summed E-state index contributed by atoms with van der Waals surface area (Å²) < 4.78 is 5.79. The molecule has 0 saturated carbocycles. The minimum atomic E-state index is 0.233. The largest absolute Gasteiger partial charge is 0.491 e. The maximum absolute atomic E-state index is 5.90. The standard InChI is InChI=1S/C14H22ClNO/c1-3-9-16-10-5-6-12(2)17-14-8-4-7-13(15)11-14/h4,7-8,11-12,16H,3,5-6,9-10H2,1-2H3. The molecule has 0 saturated heterocycles. The molecule has 0 aliphatic carbocycles. The third kappa shape index (κ3) is 6.54. The Hall–Kier alpha value is -0.730. The van der Waals surface area contributed by atoms with Crippen molar-refractivity contribution in [1.82, 2.24) is 5.32 Å². The Bertz CT molecular complexity index is 317. The zero-order valence-corrected chi connectivity index (χ0v) is 11.5. The first-order valence-electron chi connectivity index (χ1n) is 6.35. The molecule has 96 valence electrons. The molecule has 0 amide bonds. The number of halogens is 1. The van der Waals surface area contributed by atoms with Crippen molar-refractivity contribution < 1.29 is 4.74 Å². The van der Waals surface area contributed by atoms with E-state index in [9.17, 15) is 0 Å². The van der Waals surface area contributed by atoms with Gasteiger partial charge in [-0.15, -0.1) is 0 Å². The van der Waals surface area contributed by atoms with Crippen molar-refractivity contribution in [2.24, 2.45) is 0 Å². The number of nitrogens with one attached hydrogen (secondary N) is 1. The Labute approximate surface area is 109 Å². The van der Waals surface area contributed by atoms with Crippen LogP contribution < -0.4 is 10.1 Å². The Kier molecular flexibility index (Phi) is 7.06.